The molecule has 0 saturated heterocycles. The number of anilines is 2. The molecule has 1 N–H and O–H groups in total. The van der Waals surface area contributed by atoms with Crippen LogP contribution in [0.25, 0.3) is 0 Å². The number of hydrogen-bond donors (Lipinski definition) is 1. The van der Waals surface area contributed by atoms with Crippen LogP contribution in [0.1, 0.15) is 13.8 Å². The van der Waals surface area contributed by atoms with E-state index in [9.17, 15) is 18.0 Å². The predicted octanol–water partition coefficient (Wildman–Crippen LogP) is 2.23. The number of rotatable bonds is 4. The van der Waals surface area contributed by atoms with Gasteiger partial charge in [0.25, 0.3) is 5.91 Å². The van der Waals surface area contributed by atoms with E-state index in [-0.39, 0.29) is 23.1 Å². The Kier molecular flexibility index (Phi) is 5.18. The minimum absolute atomic E-state index is 0.00884. The highest BCUT2D eigenvalue weighted by molar-refractivity contribution is 7.91. The van der Waals surface area contributed by atoms with E-state index in [4.69, 9.17) is 4.74 Å². The zero-order chi connectivity index (χ0) is 19.6. The summed E-state index contributed by atoms with van der Waals surface area (Å²) in [5.41, 5.74) is 1.08. The molecule has 0 aliphatic carbocycles. The van der Waals surface area contributed by atoms with Crippen molar-refractivity contribution < 1.29 is 22.7 Å². The first-order chi connectivity index (χ1) is 12.8. The summed E-state index contributed by atoms with van der Waals surface area (Å²) in [5, 5.41) is 2.70. The van der Waals surface area contributed by atoms with Crippen LogP contribution < -0.4 is 15.0 Å². The largest absolute Gasteiger partial charge is 0.476 e. The van der Waals surface area contributed by atoms with Gasteiger partial charge in [0.1, 0.15) is 5.75 Å². The van der Waals surface area contributed by atoms with Gasteiger partial charge < -0.3 is 15.0 Å². The van der Waals surface area contributed by atoms with Gasteiger partial charge in [-0.2, -0.15) is 0 Å². The van der Waals surface area contributed by atoms with E-state index in [1.54, 1.807) is 31.2 Å². The highest BCUT2D eigenvalue weighted by Crippen LogP contribution is 2.33. The zero-order valence-corrected chi connectivity index (χ0v) is 15.8. The number of amides is 2. The summed E-state index contributed by atoms with van der Waals surface area (Å²) in [5.74, 6) is -0.127. The van der Waals surface area contributed by atoms with E-state index in [0.29, 0.717) is 17.1 Å². The summed E-state index contributed by atoms with van der Waals surface area (Å²) in [6, 6.07) is 13.0. The van der Waals surface area contributed by atoms with Gasteiger partial charge in [-0.25, -0.2) is 8.42 Å². The molecule has 2 amide bonds. The van der Waals surface area contributed by atoms with Crippen LogP contribution in [0.5, 0.6) is 5.75 Å². The van der Waals surface area contributed by atoms with Crippen molar-refractivity contribution in [2.45, 2.75) is 24.8 Å². The topological polar surface area (TPSA) is 92.8 Å². The molecule has 1 aliphatic rings. The summed E-state index contributed by atoms with van der Waals surface area (Å²) in [7, 11) is -3.30. The second-order valence-electron chi connectivity index (χ2n) is 6.12. The summed E-state index contributed by atoms with van der Waals surface area (Å²) in [6.45, 7) is 3.11. The van der Waals surface area contributed by atoms with Gasteiger partial charge in [-0.05, 0) is 36.4 Å². The first-order valence-corrected chi connectivity index (χ1v) is 10.1. The molecule has 27 heavy (non-hydrogen) atoms. The molecule has 1 aliphatic heterocycles. The number of carbonyl (C=O) groups excluding carboxylic acids is 2. The fourth-order valence-electron chi connectivity index (χ4n) is 2.80. The van der Waals surface area contributed by atoms with Gasteiger partial charge in [-0.1, -0.05) is 19.1 Å². The Balaban J connectivity index is 1.76. The summed E-state index contributed by atoms with van der Waals surface area (Å²) < 4.78 is 29.4. The van der Waals surface area contributed by atoms with Crippen molar-refractivity contribution in [3.8, 4) is 5.75 Å². The first-order valence-electron chi connectivity index (χ1n) is 8.49. The minimum atomic E-state index is -3.30. The average Bonchev–Trinajstić information content (AvgIpc) is 2.67. The van der Waals surface area contributed by atoms with Crippen LogP contribution in [0.2, 0.25) is 0 Å². The van der Waals surface area contributed by atoms with Crippen molar-refractivity contribution in [2.24, 2.45) is 0 Å². The number of nitrogens with one attached hydrogen (secondary N) is 1. The Morgan fingerprint density at radius 2 is 1.81 bits per heavy atom. The molecule has 1 heterocycles. The Bertz CT molecular complexity index is 970. The van der Waals surface area contributed by atoms with Crippen LogP contribution >= 0.6 is 0 Å². The van der Waals surface area contributed by atoms with Crippen LogP contribution in [0.3, 0.4) is 0 Å². The van der Waals surface area contributed by atoms with Gasteiger partial charge in [-0.3, -0.25) is 9.59 Å². The summed E-state index contributed by atoms with van der Waals surface area (Å²) >= 11 is 0. The lowest BCUT2D eigenvalue weighted by Gasteiger charge is -2.33. The lowest BCUT2D eigenvalue weighted by molar-refractivity contribution is -0.123. The molecule has 7 nitrogen and oxygen atoms in total. The third-order valence-electron chi connectivity index (χ3n) is 4.31. The van der Waals surface area contributed by atoms with Gasteiger partial charge in [0.05, 0.1) is 22.9 Å². The van der Waals surface area contributed by atoms with Crippen LogP contribution in [0.15, 0.2) is 53.4 Å². The maximum absolute atomic E-state index is 12.6. The molecule has 3 rings (SSSR count). The van der Waals surface area contributed by atoms with E-state index >= 15 is 0 Å². The molecule has 2 aromatic rings. The van der Waals surface area contributed by atoms with E-state index in [1.165, 1.54) is 36.1 Å². The number of benzene rings is 2. The van der Waals surface area contributed by atoms with Gasteiger partial charge in [-0.15, -0.1) is 0 Å². The fraction of sp³-hybridized carbons (Fsp3) is 0.263. The molecule has 8 heteroatoms. The first kappa shape index (κ1) is 18.9. The number of carbonyl (C=O) groups is 2. The molecule has 142 valence electrons. The number of sulfone groups is 1. The SMILES string of the molecule is CCS(=O)(=O)c1ccc(NC(=O)[C@H]2CN(C(C)=O)c3ccccc3O2)cc1. The van der Waals surface area contributed by atoms with Crippen molar-refractivity contribution in [1.82, 2.24) is 0 Å². The van der Waals surface area contributed by atoms with Crippen molar-refractivity contribution in [1.29, 1.82) is 0 Å². The van der Waals surface area contributed by atoms with E-state index in [0.717, 1.165) is 0 Å². The minimum Gasteiger partial charge on any atom is -0.476 e. The zero-order valence-electron chi connectivity index (χ0n) is 15.0. The van der Waals surface area contributed by atoms with Crippen LogP contribution in [0, 0.1) is 0 Å². The monoisotopic (exact) mass is 388 g/mol. The normalized spacial score (nSPS) is 16.2. The van der Waals surface area contributed by atoms with Crippen LogP contribution in [-0.2, 0) is 19.4 Å². The Labute approximate surface area is 157 Å². The Morgan fingerprint density at radius 3 is 2.44 bits per heavy atom. The molecular weight excluding hydrogens is 368 g/mol. The molecule has 0 aromatic heterocycles. The van der Waals surface area contributed by atoms with Crippen molar-refractivity contribution in [3.05, 3.63) is 48.5 Å². The maximum Gasteiger partial charge on any atom is 0.267 e. The van der Waals surface area contributed by atoms with E-state index in [2.05, 4.69) is 5.32 Å². The van der Waals surface area contributed by atoms with Crippen LogP contribution in [0.4, 0.5) is 11.4 Å². The number of nitrogens with zero attached hydrogens (tertiary/aromatic N) is 1. The fourth-order valence-corrected chi connectivity index (χ4v) is 3.69. The molecular formula is C19H20N2O5S. The third-order valence-corrected chi connectivity index (χ3v) is 6.06. The molecule has 0 radical (unpaired) electrons. The second-order valence-corrected chi connectivity index (χ2v) is 8.40. The van der Waals surface area contributed by atoms with Crippen LogP contribution in [-0.4, -0.2) is 38.6 Å². The van der Waals surface area contributed by atoms with Gasteiger partial charge in [0, 0.05) is 12.6 Å². The second kappa shape index (κ2) is 7.40. The number of hydrogen-bond acceptors (Lipinski definition) is 5. The predicted molar refractivity (Wildman–Crippen MR) is 102 cm³/mol. The molecule has 2 aromatic carbocycles. The lowest BCUT2D eigenvalue weighted by Crippen LogP contribution is -2.48. The summed E-state index contributed by atoms with van der Waals surface area (Å²) in [4.78, 5) is 26.2. The molecule has 0 unspecified atom stereocenters. The average molecular weight is 388 g/mol. The summed E-state index contributed by atoms with van der Waals surface area (Å²) in [6.07, 6.45) is -0.872. The molecule has 0 saturated carbocycles. The third kappa shape index (κ3) is 3.95. The van der Waals surface area contributed by atoms with Gasteiger partial charge in [0.2, 0.25) is 5.91 Å². The Hall–Kier alpha value is -2.87. The smallest absolute Gasteiger partial charge is 0.267 e. The quantitative estimate of drug-likeness (QED) is 0.867. The van der Waals surface area contributed by atoms with Crippen molar-refractivity contribution >= 4 is 33.0 Å². The molecule has 0 fully saturated rings. The Morgan fingerprint density at radius 1 is 1.15 bits per heavy atom. The van der Waals surface area contributed by atoms with E-state index < -0.39 is 21.8 Å². The van der Waals surface area contributed by atoms with Crippen molar-refractivity contribution in [3.63, 3.8) is 0 Å². The molecule has 0 bridgehead atoms. The molecule has 0 spiro atoms. The lowest BCUT2D eigenvalue weighted by atomic mass is 10.1. The number of fused-ring (bicyclic) bond motifs is 1. The van der Waals surface area contributed by atoms with Crippen molar-refractivity contribution in [2.75, 3.05) is 22.5 Å². The highest BCUT2D eigenvalue weighted by Gasteiger charge is 2.32. The molecule has 1 atom stereocenters. The van der Waals surface area contributed by atoms with E-state index in [1.807, 2.05) is 0 Å². The number of ether oxygens (including phenoxy) is 1. The number of para-hydroxylation sites is 2. The van der Waals surface area contributed by atoms with Gasteiger partial charge in [0.15, 0.2) is 15.9 Å². The van der Waals surface area contributed by atoms with Gasteiger partial charge >= 0.3 is 0 Å². The maximum atomic E-state index is 12.6. The highest BCUT2D eigenvalue weighted by atomic mass is 32.2. The standard InChI is InChI=1S/C19H20N2O5S/c1-3-27(24,25)15-10-8-14(9-11-15)20-19(23)18-12-21(13(2)22)16-6-4-5-7-17(16)26-18/h4-11,18H,3,12H2,1-2H3,(H,20,23)/t18-/m1/s1.